The number of nitrogens with one attached hydrogen (secondary N) is 2. The Balaban J connectivity index is 1.48. The SMILES string of the molecule is Cc1ccc(N2C(=O)C(Cl)=C(Nc3ccc(C(=O)Nc4ccc(Cl)c(Cl)c4)cc3)C2=O)cc1Cl. The zero-order valence-corrected chi connectivity index (χ0v) is 20.5. The van der Waals surface area contributed by atoms with Crippen LogP contribution >= 0.6 is 46.4 Å². The minimum Gasteiger partial charge on any atom is -0.350 e. The van der Waals surface area contributed by atoms with Crippen molar-refractivity contribution in [1.82, 2.24) is 0 Å². The summed E-state index contributed by atoms with van der Waals surface area (Å²) in [5.74, 6) is -1.64. The maximum Gasteiger partial charge on any atom is 0.283 e. The minimum absolute atomic E-state index is 0.0728. The Hall–Kier alpha value is -3.03. The second kappa shape index (κ2) is 9.68. The fraction of sp³-hybridized carbons (Fsp3) is 0.0417. The van der Waals surface area contributed by atoms with Crippen molar-refractivity contribution in [3.8, 4) is 0 Å². The monoisotopic (exact) mass is 533 g/mol. The lowest BCUT2D eigenvalue weighted by Gasteiger charge is -2.16. The molecule has 0 atom stereocenters. The van der Waals surface area contributed by atoms with Crippen molar-refractivity contribution in [2.75, 3.05) is 15.5 Å². The number of imide groups is 1. The Kier molecular flexibility index (Phi) is 6.86. The molecule has 0 saturated carbocycles. The van der Waals surface area contributed by atoms with Gasteiger partial charge in [0.05, 0.1) is 15.7 Å². The Morgan fingerprint density at radius 3 is 2.09 bits per heavy atom. The van der Waals surface area contributed by atoms with Gasteiger partial charge in [0.15, 0.2) is 0 Å². The second-order valence-corrected chi connectivity index (χ2v) is 8.95. The highest BCUT2D eigenvalue weighted by molar-refractivity contribution is 6.53. The largest absolute Gasteiger partial charge is 0.350 e. The van der Waals surface area contributed by atoms with Crippen LogP contribution < -0.4 is 15.5 Å². The van der Waals surface area contributed by atoms with Crippen molar-refractivity contribution < 1.29 is 14.4 Å². The number of carbonyl (C=O) groups is 3. The van der Waals surface area contributed by atoms with Gasteiger partial charge in [-0.2, -0.15) is 0 Å². The summed E-state index contributed by atoms with van der Waals surface area (Å²) in [6.45, 7) is 1.81. The molecule has 2 N–H and O–H groups in total. The van der Waals surface area contributed by atoms with Crippen molar-refractivity contribution in [3.05, 3.63) is 97.6 Å². The number of halogens is 4. The average molecular weight is 535 g/mol. The molecular weight excluding hydrogens is 520 g/mol. The number of amides is 3. The highest BCUT2D eigenvalue weighted by atomic mass is 35.5. The van der Waals surface area contributed by atoms with E-state index in [0.717, 1.165) is 10.5 Å². The maximum absolute atomic E-state index is 12.9. The number of rotatable bonds is 5. The van der Waals surface area contributed by atoms with E-state index in [4.69, 9.17) is 46.4 Å². The first-order valence-corrected chi connectivity index (χ1v) is 11.3. The average Bonchev–Trinajstić information content (AvgIpc) is 3.02. The van der Waals surface area contributed by atoms with Gasteiger partial charge in [0.2, 0.25) is 0 Å². The van der Waals surface area contributed by atoms with Crippen LogP contribution in [0.25, 0.3) is 0 Å². The number of carbonyl (C=O) groups excluding carboxylic acids is 3. The molecule has 34 heavy (non-hydrogen) atoms. The van der Waals surface area contributed by atoms with E-state index in [9.17, 15) is 14.4 Å². The third-order valence-electron chi connectivity index (χ3n) is 5.03. The van der Waals surface area contributed by atoms with Crippen LogP contribution in [0.5, 0.6) is 0 Å². The normalized spacial score (nSPS) is 13.5. The number of benzene rings is 3. The Morgan fingerprint density at radius 2 is 1.44 bits per heavy atom. The number of nitrogens with zero attached hydrogens (tertiary/aromatic N) is 1. The summed E-state index contributed by atoms with van der Waals surface area (Å²) in [5.41, 5.74) is 2.37. The highest BCUT2D eigenvalue weighted by Crippen LogP contribution is 2.32. The van der Waals surface area contributed by atoms with Crippen LogP contribution in [0.2, 0.25) is 15.1 Å². The van der Waals surface area contributed by atoms with Crippen LogP contribution in [0.1, 0.15) is 15.9 Å². The molecule has 0 spiro atoms. The molecule has 6 nitrogen and oxygen atoms in total. The molecule has 1 aliphatic rings. The topological polar surface area (TPSA) is 78.5 Å². The first-order valence-electron chi connectivity index (χ1n) is 9.84. The molecule has 4 rings (SSSR count). The molecule has 1 aliphatic heterocycles. The van der Waals surface area contributed by atoms with Gasteiger partial charge < -0.3 is 10.6 Å². The quantitative estimate of drug-likeness (QED) is 0.359. The smallest absolute Gasteiger partial charge is 0.283 e. The summed E-state index contributed by atoms with van der Waals surface area (Å²) >= 11 is 24.2. The summed E-state index contributed by atoms with van der Waals surface area (Å²) in [6.07, 6.45) is 0. The molecule has 1 heterocycles. The first-order chi connectivity index (χ1) is 16.2. The lowest BCUT2D eigenvalue weighted by Crippen LogP contribution is -2.32. The summed E-state index contributed by atoms with van der Waals surface area (Å²) in [6, 6.07) is 15.9. The molecule has 3 amide bonds. The van der Waals surface area contributed by atoms with Crippen molar-refractivity contribution in [2.45, 2.75) is 6.92 Å². The van der Waals surface area contributed by atoms with E-state index in [1.165, 1.54) is 6.07 Å². The van der Waals surface area contributed by atoms with Gasteiger partial charge in [0.25, 0.3) is 17.7 Å². The van der Waals surface area contributed by atoms with E-state index < -0.39 is 11.8 Å². The fourth-order valence-corrected chi connectivity index (χ4v) is 3.88. The van der Waals surface area contributed by atoms with Crippen LogP contribution in [0, 0.1) is 6.92 Å². The van der Waals surface area contributed by atoms with Gasteiger partial charge in [-0.15, -0.1) is 0 Å². The molecule has 0 aliphatic carbocycles. The number of aryl methyl sites for hydroxylation is 1. The maximum atomic E-state index is 12.9. The van der Waals surface area contributed by atoms with Crippen molar-refractivity contribution in [2.24, 2.45) is 0 Å². The lowest BCUT2D eigenvalue weighted by molar-refractivity contribution is -0.120. The van der Waals surface area contributed by atoms with Crippen LogP contribution in [0.4, 0.5) is 17.1 Å². The minimum atomic E-state index is -0.660. The van der Waals surface area contributed by atoms with Gasteiger partial charge in [0.1, 0.15) is 10.7 Å². The van der Waals surface area contributed by atoms with Crippen LogP contribution in [-0.4, -0.2) is 17.7 Å². The Bertz CT molecular complexity index is 1370. The summed E-state index contributed by atoms with van der Waals surface area (Å²) in [4.78, 5) is 39.0. The lowest BCUT2D eigenvalue weighted by atomic mass is 10.2. The van der Waals surface area contributed by atoms with E-state index in [1.54, 1.807) is 54.6 Å². The standard InChI is InChI=1S/C24H15Cl4N3O3/c1-12-2-8-16(11-18(12)26)31-23(33)20(28)21(24(31)34)29-14-5-3-13(4-6-14)22(32)30-15-7-9-17(25)19(27)10-15/h2-11,29H,1H3,(H,30,32). The molecule has 3 aromatic rings. The first kappa shape index (κ1) is 24.1. The zero-order chi connectivity index (χ0) is 24.6. The third-order valence-corrected chi connectivity index (χ3v) is 6.53. The molecule has 0 unspecified atom stereocenters. The molecular formula is C24H15Cl4N3O3. The van der Waals surface area contributed by atoms with Crippen LogP contribution in [0.15, 0.2) is 71.4 Å². The van der Waals surface area contributed by atoms with Gasteiger partial charge in [-0.3, -0.25) is 14.4 Å². The van der Waals surface area contributed by atoms with Crippen LogP contribution in [0.3, 0.4) is 0 Å². The fourth-order valence-electron chi connectivity index (χ4n) is 3.19. The zero-order valence-electron chi connectivity index (χ0n) is 17.5. The summed E-state index contributed by atoms with van der Waals surface area (Å²) < 4.78 is 0. The Labute approximate surface area is 215 Å². The van der Waals surface area contributed by atoms with E-state index in [0.29, 0.717) is 37.7 Å². The molecule has 172 valence electrons. The van der Waals surface area contributed by atoms with Crippen molar-refractivity contribution in [1.29, 1.82) is 0 Å². The van der Waals surface area contributed by atoms with E-state index in [1.807, 2.05) is 6.92 Å². The predicted molar refractivity (Wildman–Crippen MR) is 136 cm³/mol. The molecule has 0 radical (unpaired) electrons. The molecule has 3 aromatic carbocycles. The number of anilines is 3. The Morgan fingerprint density at radius 1 is 0.765 bits per heavy atom. The van der Waals surface area contributed by atoms with Gasteiger partial charge in [0, 0.05) is 22.0 Å². The van der Waals surface area contributed by atoms with Gasteiger partial charge in [-0.25, -0.2) is 4.90 Å². The molecule has 10 heteroatoms. The van der Waals surface area contributed by atoms with E-state index >= 15 is 0 Å². The molecule has 0 fully saturated rings. The van der Waals surface area contributed by atoms with Gasteiger partial charge in [-0.05, 0) is 67.1 Å². The number of hydrogen-bond donors (Lipinski definition) is 2. The van der Waals surface area contributed by atoms with E-state index in [2.05, 4.69) is 10.6 Å². The van der Waals surface area contributed by atoms with Crippen molar-refractivity contribution in [3.63, 3.8) is 0 Å². The predicted octanol–water partition coefficient (Wildman–Crippen LogP) is 6.64. The molecule has 0 aromatic heterocycles. The highest BCUT2D eigenvalue weighted by Gasteiger charge is 2.39. The molecule has 0 bridgehead atoms. The third kappa shape index (κ3) is 4.76. The summed E-state index contributed by atoms with van der Waals surface area (Å²) in [7, 11) is 0. The number of hydrogen-bond acceptors (Lipinski definition) is 4. The van der Waals surface area contributed by atoms with Gasteiger partial charge >= 0.3 is 0 Å². The summed E-state index contributed by atoms with van der Waals surface area (Å²) in [5, 5.41) is 6.46. The van der Waals surface area contributed by atoms with E-state index in [-0.39, 0.29) is 16.6 Å². The van der Waals surface area contributed by atoms with Gasteiger partial charge in [-0.1, -0.05) is 52.5 Å². The van der Waals surface area contributed by atoms with Crippen LogP contribution in [-0.2, 0) is 9.59 Å². The second-order valence-electron chi connectivity index (χ2n) is 7.35. The molecule has 0 saturated heterocycles. The van der Waals surface area contributed by atoms with Crippen molar-refractivity contribution >= 4 is 81.2 Å².